The Morgan fingerprint density at radius 1 is 1.18 bits per heavy atom. The molecule has 3 aromatic rings. The van der Waals surface area contributed by atoms with E-state index in [-0.39, 0.29) is 5.82 Å². The molecule has 1 aliphatic heterocycles. The summed E-state index contributed by atoms with van der Waals surface area (Å²) < 4.78 is 14.1. The van der Waals surface area contributed by atoms with Crippen LogP contribution in [0.25, 0.3) is 5.57 Å². The molecule has 0 radical (unpaired) electrons. The summed E-state index contributed by atoms with van der Waals surface area (Å²) in [7, 11) is 0. The maximum absolute atomic E-state index is 14.1. The molecule has 4 rings (SSSR count). The second-order valence-electron chi connectivity index (χ2n) is 8.72. The highest BCUT2D eigenvalue weighted by Gasteiger charge is 2.22. The van der Waals surface area contributed by atoms with E-state index < -0.39 is 0 Å². The van der Waals surface area contributed by atoms with Crippen molar-refractivity contribution in [3.63, 3.8) is 0 Å². The maximum Gasteiger partial charge on any atom is 0.137 e. The SMILES string of the molecule is C=C(C)/C=C(\C=C/C)c1ccc(CNc2ncnc(N3CCc4c(F)cccc4C3)c2C)cc1. The van der Waals surface area contributed by atoms with Gasteiger partial charge in [0.25, 0.3) is 0 Å². The van der Waals surface area contributed by atoms with Crippen molar-refractivity contribution in [1.29, 1.82) is 0 Å². The highest BCUT2D eigenvalue weighted by molar-refractivity contribution is 5.76. The Balaban J connectivity index is 1.47. The number of fused-ring (bicyclic) bond motifs is 1. The average molecular weight is 455 g/mol. The van der Waals surface area contributed by atoms with Gasteiger partial charge in [-0.3, -0.25) is 0 Å². The zero-order valence-electron chi connectivity index (χ0n) is 20.1. The van der Waals surface area contributed by atoms with Gasteiger partial charge >= 0.3 is 0 Å². The molecule has 0 bridgehead atoms. The molecule has 4 nitrogen and oxygen atoms in total. The van der Waals surface area contributed by atoms with E-state index in [2.05, 4.69) is 63.2 Å². The number of hydrogen-bond donors (Lipinski definition) is 1. The number of nitrogens with one attached hydrogen (secondary N) is 1. The molecule has 1 aromatic heterocycles. The quantitative estimate of drug-likeness (QED) is 0.407. The van der Waals surface area contributed by atoms with Crippen molar-refractivity contribution in [3.05, 3.63) is 113 Å². The first-order valence-electron chi connectivity index (χ1n) is 11.6. The molecule has 1 N–H and O–H groups in total. The van der Waals surface area contributed by atoms with Crippen LogP contribution in [0.2, 0.25) is 0 Å². The van der Waals surface area contributed by atoms with Gasteiger partial charge in [-0.1, -0.05) is 66.8 Å². The van der Waals surface area contributed by atoms with Crippen LogP contribution < -0.4 is 10.2 Å². The van der Waals surface area contributed by atoms with Gasteiger partial charge in [-0.2, -0.15) is 0 Å². The third-order valence-corrected chi connectivity index (χ3v) is 6.06. The largest absolute Gasteiger partial charge is 0.366 e. The third-order valence-electron chi connectivity index (χ3n) is 6.06. The van der Waals surface area contributed by atoms with E-state index in [1.165, 1.54) is 11.6 Å². The maximum atomic E-state index is 14.1. The molecule has 0 saturated heterocycles. The number of aromatic nitrogens is 2. The van der Waals surface area contributed by atoms with E-state index in [4.69, 9.17) is 0 Å². The first-order chi connectivity index (χ1) is 16.5. The minimum atomic E-state index is -0.113. The van der Waals surface area contributed by atoms with E-state index in [9.17, 15) is 4.39 Å². The van der Waals surface area contributed by atoms with E-state index in [1.807, 2.05) is 32.9 Å². The normalized spacial score (nSPS) is 13.8. The van der Waals surface area contributed by atoms with E-state index in [0.717, 1.165) is 51.6 Å². The van der Waals surface area contributed by atoms with Gasteiger partial charge in [0.2, 0.25) is 0 Å². The number of halogens is 1. The van der Waals surface area contributed by atoms with Crippen molar-refractivity contribution in [2.45, 2.75) is 40.3 Å². The number of nitrogens with zero attached hydrogens (tertiary/aromatic N) is 3. The molecule has 0 spiro atoms. The minimum absolute atomic E-state index is 0.113. The van der Waals surface area contributed by atoms with E-state index in [1.54, 1.807) is 12.4 Å². The van der Waals surface area contributed by atoms with E-state index >= 15 is 0 Å². The second kappa shape index (κ2) is 10.5. The number of benzene rings is 2. The predicted octanol–water partition coefficient (Wildman–Crippen LogP) is 6.63. The molecular weight excluding hydrogens is 423 g/mol. The number of anilines is 2. The smallest absolute Gasteiger partial charge is 0.137 e. The topological polar surface area (TPSA) is 41.1 Å². The molecular formula is C29H31FN4. The van der Waals surface area contributed by atoms with Crippen LogP contribution in [-0.4, -0.2) is 16.5 Å². The third kappa shape index (κ3) is 5.25. The lowest BCUT2D eigenvalue weighted by Crippen LogP contribution is -2.32. The standard InChI is InChI=1S/C29H31FN4/c1-5-7-24(16-20(2)3)23-12-10-22(11-13-23)17-31-28-21(4)29(33-19-32-28)34-15-14-26-25(18-34)8-6-9-27(26)30/h5-13,16,19H,2,14-15,17-18H2,1,3-4H3,(H,31,32,33)/b7-5-,24-16+. The number of hydrogen-bond acceptors (Lipinski definition) is 4. The molecule has 1 aliphatic rings. The Morgan fingerprint density at radius 3 is 2.71 bits per heavy atom. The molecule has 174 valence electrons. The highest BCUT2D eigenvalue weighted by atomic mass is 19.1. The molecule has 0 unspecified atom stereocenters. The van der Waals surface area contributed by atoms with Gasteiger partial charge in [-0.05, 0) is 61.1 Å². The van der Waals surface area contributed by atoms with Crippen LogP contribution in [-0.2, 0) is 19.5 Å². The van der Waals surface area contributed by atoms with E-state index in [0.29, 0.717) is 19.5 Å². The van der Waals surface area contributed by atoms with Crippen molar-refractivity contribution in [1.82, 2.24) is 9.97 Å². The van der Waals surface area contributed by atoms with Crippen LogP contribution in [0.4, 0.5) is 16.0 Å². The number of rotatable bonds is 7. The van der Waals surface area contributed by atoms with Gasteiger partial charge in [0.05, 0.1) is 0 Å². The van der Waals surface area contributed by atoms with Crippen LogP contribution in [0, 0.1) is 12.7 Å². The molecule has 0 saturated carbocycles. The molecule has 5 heteroatoms. The Morgan fingerprint density at radius 2 is 1.97 bits per heavy atom. The fourth-order valence-corrected chi connectivity index (χ4v) is 4.36. The van der Waals surface area contributed by atoms with Crippen molar-refractivity contribution < 1.29 is 4.39 Å². The Kier molecular flexibility index (Phi) is 7.21. The summed E-state index contributed by atoms with van der Waals surface area (Å²) in [5, 5.41) is 3.46. The summed E-state index contributed by atoms with van der Waals surface area (Å²) in [5.74, 6) is 1.59. The second-order valence-corrected chi connectivity index (χ2v) is 8.72. The zero-order valence-corrected chi connectivity index (χ0v) is 20.1. The first-order valence-corrected chi connectivity index (χ1v) is 11.6. The summed E-state index contributed by atoms with van der Waals surface area (Å²) in [6.45, 7) is 12.1. The Hall–Kier alpha value is -3.73. The lowest BCUT2D eigenvalue weighted by Gasteiger charge is -2.31. The highest BCUT2D eigenvalue weighted by Crippen LogP contribution is 2.29. The van der Waals surface area contributed by atoms with Gasteiger partial charge in [0.15, 0.2) is 0 Å². The predicted molar refractivity (Wildman–Crippen MR) is 139 cm³/mol. The zero-order chi connectivity index (χ0) is 24.1. The molecule has 0 atom stereocenters. The van der Waals surface area contributed by atoms with Crippen LogP contribution >= 0.6 is 0 Å². The molecule has 2 aromatic carbocycles. The number of allylic oxidation sites excluding steroid dienone is 5. The molecule has 0 amide bonds. The molecule has 0 fully saturated rings. The average Bonchev–Trinajstić information content (AvgIpc) is 2.83. The fourth-order valence-electron chi connectivity index (χ4n) is 4.36. The summed E-state index contributed by atoms with van der Waals surface area (Å²) in [5.41, 5.74) is 7.34. The van der Waals surface area contributed by atoms with Crippen LogP contribution in [0.3, 0.4) is 0 Å². The summed E-state index contributed by atoms with van der Waals surface area (Å²) in [4.78, 5) is 11.2. The van der Waals surface area contributed by atoms with Crippen LogP contribution in [0.1, 0.15) is 41.7 Å². The van der Waals surface area contributed by atoms with Crippen LogP contribution in [0.5, 0.6) is 0 Å². The summed E-state index contributed by atoms with van der Waals surface area (Å²) in [6.07, 6.45) is 8.50. The minimum Gasteiger partial charge on any atom is -0.366 e. The van der Waals surface area contributed by atoms with Crippen LogP contribution in [0.15, 0.2) is 79.2 Å². The Labute approximate surface area is 201 Å². The fraction of sp³-hybridized carbons (Fsp3) is 0.241. The summed E-state index contributed by atoms with van der Waals surface area (Å²) in [6, 6.07) is 13.8. The van der Waals surface area contributed by atoms with Gasteiger partial charge in [-0.25, -0.2) is 14.4 Å². The lowest BCUT2D eigenvalue weighted by molar-refractivity contribution is 0.589. The monoisotopic (exact) mass is 454 g/mol. The van der Waals surface area contributed by atoms with Crippen molar-refractivity contribution in [3.8, 4) is 0 Å². The van der Waals surface area contributed by atoms with Gasteiger partial charge in [0.1, 0.15) is 23.8 Å². The van der Waals surface area contributed by atoms with Gasteiger partial charge < -0.3 is 10.2 Å². The van der Waals surface area contributed by atoms with Gasteiger partial charge in [0, 0.05) is 25.2 Å². The molecule has 0 aliphatic carbocycles. The van der Waals surface area contributed by atoms with Crippen molar-refractivity contribution in [2.24, 2.45) is 0 Å². The molecule has 34 heavy (non-hydrogen) atoms. The summed E-state index contributed by atoms with van der Waals surface area (Å²) >= 11 is 0. The first kappa shape index (κ1) is 23.4. The van der Waals surface area contributed by atoms with Crippen molar-refractivity contribution in [2.75, 3.05) is 16.8 Å². The lowest BCUT2D eigenvalue weighted by atomic mass is 9.99. The van der Waals surface area contributed by atoms with Gasteiger partial charge in [-0.15, -0.1) is 0 Å². The van der Waals surface area contributed by atoms with Crippen molar-refractivity contribution >= 4 is 17.2 Å². The molecule has 2 heterocycles. The Bertz CT molecular complexity index is 1240.